The Morgan fingerprint density at radius 1 is 1.18 bits per heavy atom. The van der Waals surface area contributed by atoms with Gasteiger partial charge in [-0.2, -0.15) is 0 Å². The molecule has 1 aliphatic rings. The predicted octanol–water partition coefficient (Wildman–Crippen LogP) is 4.27. The van der Waals surface area contributed by atoms with Gasteiger partial charge < -0.3 is 19.7 Å². The lowest BCUT2D eigenvalue weighted by Gasteiger charge is -2.32. The number of hydrogen-bond acceptors (Lipinski definition) is 4. The van der Waals surface area contributed by atoms with Crippen molar-refractivity contribution < 1.29 is 14.3 Å². The van der Waals surface area contributed by atoms with Crippen LogP contribution in [0.4, 0.5) is 0 Å². The lowest BCUT2D eigenvalue weighted by atomic mass is 10.0. The Balaban J connectivity index is 0.00000280. The van der Waals surface area contributed by atoms with E-state index in [4.69, 9.17) is 9.47 Å². The summed E-state index contributed by atoms with van der Waals surface area (Å²) in [5.41, 5.74) is 0.479. The number of methoxy groups -OCH3 is 2. The molecule has 0 spiro atoms. The van der Waals surface area contributed by atoms with Crippen LogP contribution >= 0.6 is 12.4 Å². The third-order valence-corrected chi connectivity index (χ3v) is 5.37. The minimum Gasteiger partial charge on any atom is -0.496 e. The molecule has 1 heterocycles. The van der Waals surface area contributed by atoms with E-state index in [2.05, 4.69) is 17.1 Å². The van der Waals surface area contributed by atoms with E-state index in [0.29, 0.717) is 17.1 Å². The zero-order valence-electron chi connectivity index (χ0n) is 17.0. The Labute approximate surface area is 173 Å². The van der Waals surface area contributed by atoms with Crippen LogP contribution < -0.4 is 14.8 Å². The molecular formula is C22H31ClN2O3. The number of carbonyl (C=O) groups excluding carboxylic acids is 1. The highest BCUT2D eigenvalue weighted by Crippen LogP contribution is 2.37. The highest BCUT2D eigenvalue weighted by Gasteiger charge is 2.25. The SMILES string of the molecule is CCCCN1CCC(NC(=O)c2c(OC)cc3ccccc3c2OC)CC1.Cl. The maximum atomic E-state index is 13.1. The van der Waals surface area contributed by atoms with Gasteiger partial charge in [0.15, 0.2) is 0 Å². The minimum absolute atomic E-state index is 0. The van der Waals surface area contributed by atoms with Gasteiger partial charge in [-0.05, 0) is 37.3 Å². The van der Waals surface area contributed by atoms with Gasteiger partial charge in [0.25, 0.3) is 5.91 Å². The van der Waals surface area contributed by atoms with Gasteiger partial charge in [0.1, 0.15) is 17.1 Å². The number of halogens is 1. The lowest BCUT2D eigenvalue weighted by molar-refractivity contribution is 0.0905. The maximum absolute atomic E-state index is 13.1. The van der Waals surface area contributed by atoms with Crippen LogP contribution in [0.1, 0.15) is 43.0 Å². The van der Waals surface area contributed by atoms with E-state index in [9.17, 15) is 4.79 Å². The molecule has 0 atom stereocenters. The van der Waals surface area contributed by atoms with E-state index in [1.807, 2.05) is 30.3 Å². The summed E-state index contributed by atoms with van der Waals surface area (Å²) in [7, 11) is 3.19. The van der Waals surface area contributed by atoms with Crippen molar-refractivity contribution in [3.8, 4) is 11.5 Å². The summed E-state index contributed by atoms with van der Waals surface area (Å²) in [5.74, 6) is 0.993. The fourth-order valence-electron chi connectivity index (χ4n) is 3.82. The van der Waals surface area contributed by atoms with Crippen LogP contribution in [0.25, 0.3) is 10.8 Å². The van der Waals surface area contributed by atoms with Gasteiger partial charge >= 0.3 is 0 Å². The van der Waals surface area contributed by atoms with Crippen LogP contribution in [0, 0.1) is 0 Å². The van der Waals surface area contributed by atoms with Crippen molar-refractivity contribution in [2.24, 2.45) is 0 Å². The molecule has 0 radical (unpaired) electrons. The first-order valence-corrected chi connectivity index (χ1v) is 9.84. The number of benzene rings is 2. The predicted molar refractivity (Wildman–Crippen MR) is 116 cm³/mol. The van der Waals surface area contributed by atoms with Crippen molar-refractivity contribution in [2.45, 2.75) is 38.6 Å². The smallest absolute Gasteiger partial charge is 0.259 e. The number of nitrogens with zero attached hydrogens (tertiary/aromatic N) is 1. The molecule has 0 aliphatic carbocycles. The Morgan fingerprint density at radius 3 is 2.54 bits per heavy atom. The summed E-state index contributed by atoms with van der Waals surface area (Å²) in [5, 5.41) is 5.11. The fraction of sp³-hybridized carbons (Fsp3) is 0.500. The van der Waals surface area contributed by atoms with E-state index in [1.54, 1.807) is 14.2 Å². The number of fused-ring (bicyclic) bond motifs is 1. The van der Waals surface area contributed by atoms with Gasteiger partial charge in [-0.25, -0.2) is 0 Å². The Morgan fingerprint density at radius 2 is 1.89 bits per heavy atom. The number of hydrogen-bond donors (Lipinski definition) is 1. The summed E-state index contributed by atoms with van der Waals surface area (Å²) < 4.78 is 11.1. The quantitative estimate of drug-likeness (QED) is 0.745. The topological polar surface area (TPSA) is 50.8 Å². The molecule has 0 aromatic heterocycles. The maximum Gasteiger partial charge on any atom is 0.259 e. The first-order chi connectivity index (χ1) is 13.2. The molecule has 1 fully saturated rings. The Bertz CT molecular complexity index is 789. The number of amides is 1. The van der Waals surface area contributed by atoms with Crippen molar-refractivity contribution >= 4 is 29.1 Å². The van der Waals surface area contributed by atoms with Gasteiger partial charge in [0.05, 0.1) is 14.2 Å². The van der Waals surface area contributed by atoms with E-state index in [0.717, 1.165) is 43.2 Å². The van der Waals surface area contributed by atoms with Gasteiger partial charge in [-0.1, -0.05) is 37.6 Å². The number of likely N-dealkylation sites (tertiary alicyclic amines) is 1. The van der Waals surface area contributed by atoms with E-state index in [-0.39, 0.29) is 24.4 Å². The third-order valence-electron chi connectivity index (χ3n) is 5.37. The minimum atomic E-state index is -0.124. The first kappa shape index (κ1) is 22.3. The normalized spacial score (nSPS) is 15.1. The number of carbonyl (C=O) groups is 1. The molecule has 28 heavy (non-hydrogen) atoms. The largest absolute Gasteiger partial charge is 0.496 e. The number of ether oxygens (including phenoxy) is 2. The molecule has 0 saturated carbocycles. The van der Waals surface area contributed by atoms with Crippen LogP contribution in [0.5, 0.6) is 11.5 Å². The molecule has 6 heteroatoms. The van der Waals surface area contributed by atoms with Crippen LogP contribution in [0.3, 0.4) is 0 Å². The number of nitrogens with one attached hydrogen (secondary N) is 1. The van der Waals surface area contributed by atoms with Gasteiger partial charge in [-0.3, -0.25) is 4.79 Å². The van der Waals surface area contributed by atoms with E-state index in [1.165, 1.54) is 12.8 Å². The van der Waals surface area contributed by atoms with Gasteiger partial charge in [0.2, 0.25) is 0 Å². The summed E-state index contributed by atoms with van der Waals surface area (Å²) in [6.45, 7) is 5.45. The van der Waals surface area contributed by atoms with Crippen molar-refractivity contribution in [1.82, 2.24) is 10.2 Å². The van der Waals surface area contributed by atoms with Gasteiger partial charge in [0, 0.05) is 24.5 Å². The molecule has 0 bridgehead atoms. The fourth-order valence-corrected chi connectivity index (χ4v) is 3.82. The van der Waals surface area contributed by atoms with E-state index < -0.39 is 0 Å². The summed E-state index contributed by atoms with van der Waals surface area (Å²) in [6, 6.07) is 9.97. The first-order valence-electron chi connectivity index (χ1n) is 9.84. The van der Waals surface area contributed by atoms with Crippen LogP contribution in [-0.2, 0) is 0 Å². The number of unbranched alkanes of at least 4 members (excludes halogenated alkanes) is 1. The highest BCUT2D eigenvalue weighted by atomic mass is 35.5. The average molecular weight is 407 g/mol. The second kappa shape index (κ2) is 10.5. The zero-order chi connectivity index (χ0) is 19.2. The molecular weight excluding hydrogens is 376 g/mol. The van der Waals surface area contributed by atoms with Crippen molar-refractivity contribution in [3.05, 3.63) is 35.9 Å². The molecule has 154 valence electrons. The Kier molecular flexibility index (Phi) is 8.39. The second-order valence-electron chi connectivity index (χ2n) is 7.15. The molecule has 2 aromatic rings. The molecule has 5 nitrogen and oxygen atoms in total. The molecule has 0 unspecified atom stereocenters. The molecule has 1 amide bonds. The van der Waals surface area contributed by atoms with Gasteiger partial charge in [-0.15, -0.1) is 12.4 Å². The molecule has 3 rings (SSSR count). The van der Waals surface area contributed by atoms with Crippen LogP contribution in [0.15, 0.2) is 30.3 Å². The van der Waals surface area contributed by atoms with Crippen LogP contribution in [0.2, 0.25) is 0 Å². The summed E-state index contributed by atoms with van der Waals surface area (Å²) in [4.78, 5) is 15.6. The standard InChI is InChI=1S/C22H30N2O3.ClH/c1-4-5-12-24-13-10-17(11-14-24)23-22(25)20-19(26-2)15-16-8-6-7-9-18(16)21(20)27-3;/h6-9,15,17H,4-5,10-14H2,1-3H3,(H,23,25);1H. The lowest BCUT2D eigenvalue weighted by Crippen LogP contribution is -2.45. The molecule has 1 N–H and O–H groups in total. The molecule has 1 aliphatic heterocycles. The number of rotatable bonds is 7. The van der Waals surface area contributed by atoms with Crippen LogP contribution in [-0.4, -0.2) is 50.7 Å². The van der Waals surface area contributed by atoms with Crippen molar-refractivity contribution in [1.29, 1.82) is 0 Å². The summed E-state index contributed by atoms with van der Waals surface area (Å²) in [6.07, 6.45) is 4.42. The third kappa shape index (κ3) is 4.89. The Hall–Kier alpha value is -1.98. The molecule has 2 aromatic carbocycles. The van der Waals surface area contributed by atoms with E-state index >= 15 is 0 Å². The molecule has 1 saturated heterocycles. The highest BCUT2D eigenvalue weighted by molar-refractivity contribution is 6.06. The average Bonchev–Trinajstić information content (AvgIpc) is 2.71. The van der Waals surface area contributed by atoms with Crippen molar-refractivity contribution in [2.75, 3.05) is 33.9 Å². The second-order valence-corrected chi connectivity index (χ2v) is 7.15. The zero-order valence-corrected chi connectivity index (χ0v) is 17.8. The summed E-state index contributed by atoms with van der Waals surface area (Å²) >= 11 is 0. The monoisotopic (exact) mass is 406 g/mol. The number of piperidine rings is 1. The van der Waals surface area contributed by atoms with Crippen molar-refractivity contribution in [3.63, 3.8) is 0 Å².